The Morgan fingerprint density at radius 3 is 2.35 bits per heavy atom. The van der Waals surface area contributed by atoms with E-state index < -0.39 is 10.0 Å². The molecule has 7 heteroatoms. The standard InChI is InChI=1S/C19H27N3O2S2/c1-13-11-14(2)16(4)18(15(13)3)26(23,24)20-8-7-17-12-25-19(21-17)22-9-5-6-10-22/h11-12,20H,5-10H2,1-4H3. The van der Waals surface area contributed by atoms with Gasteiger partial charge in [-0.3, -0.25) is 0 Å². The molecule has 26 heavy (non-hydrogen) atoms. The van der Waals surface area contributed by atoms with Gasteiger partial charge in [0.25, 0.3) is 0 Å². The van der Waals surface area contributed by atoms with Crippen LogP contribution in [0.2, 0.25) is 0 Å². The van der Waals surface area contributed by atoms with Crippen LogP contribution in [0.3, 0.4) is 0 Å². The predicted molar refractivity (Wildman–Crippen MR) is 108 cm³/mol. The number of rotatable bonds is 6. The molecule has 0 atom stereocenters. The lowest BCUT2D eigenvalue weighted by Gasteiger charge is -2.16. The average molecular weight is 394 g/mol. The molecule has 3 rings (SSSR count). The van der Waals surface area contributed by atoms with Crippen molar-refractivity contribution in [2.24, 2.45) is 0 Å². The predicted octanol–water partition coefficient (Wildman–Crippen LogP) is 3.50. The number of hydrogen-bond acceptors (Lipinski definition) is 5. The molecule has 1 aliphatic heterocycles. The summed E-state index contributed by atoms with van der Waals surface area (Å²) in [6.07, 6.45) is 3.05. The van der Waals surface area contributed by atoms with Crippen LogP contribution in [-0.2, 0) is 16.4 Å². The minimum Gasteiger partial charge on any atom is -0.348 e. The van der Waals surface area contributed by atoms with E-state index in [2.05, 4.69) is 14.6 Å². The van der Waals surface area contributed by atoms with E-state index >= 15 is 0 Å². The molecule has 0 saturated carbocycles. The second-order valence-electron chi connectivity index (χ2n) is 7.05. The number of nitrogens with zero attached hydrogens (tertiary/aromatic N) is 2. The van der Waals surface area contributed by atoms with Crippen LogP contribution in [0.15, 0.2) is 16.3 Å². The van der Waals surface area contributed by atoms with Crippen LogP contribution in [0.1, 0.15) is 40.8 Å². The van der Waals surface area contributed by atoms with Gasteiger partial charge >= 0.3 is 0 Å². The van der Waals surface area contributed by atoms with Gasteiger partial charge in [0.15, 0.2) is 5.13 Å². The first-order chi connectivity index (χ1) is 12.3. The van der Waals surface area contributed by atoms with Crippen LogP contribution in [0.4, 0.5) is 5.13 Å². The number of hydrogen-bond donors (Lipinski definition) is 1. The Morgan fingerprint density at radius 2 is 1.73 bits per heavy atom. The number of nitrogens with one attached hydrogen (secondary N) is 1. The van der Waals surface area contributed by atoms with Gasteiger partial charge in [-0.05, 0) is 62.8 Å². The molecule has 0 unspecified atom stereocenters. The van der Waals surface area contributed by atoms with Crippen molar-refractivity contribution in [3.05, 3.63) is 39.4 Å². The number of sulfonamides is 1. The second kappa shape index (κ2) is 7.66. The summed E-state index contributed by atoms with van der Waals surface area (Å²) in [6.45, 7) is 10.2. The number of benzene rings is 1. The van der Waals surface area contributed by atoms with Gasteiger partial charge in [0.05, 0.1) is 10.6 Å². The molecule has 0 bridgehead atoms. The molecule has 1 aromatic carbocycles. The van der Waals surface area contributed by atoms with E-state index in [0.717, 1.165) is 46.2 Å². The zero-order valence-corrected chi connectivity index (χ0v) is 17.6. The van der Waals surface area contributed by atoms with Crippen molar-refractivity contribution in [3.63, 3.8) is 0 Å². The largest absolute Gasteiger partial charge is 0.348 e. The van der Waals surface area contributed by atoms with Gasteiger partial charge in [0, 0.05) is 31.4 Å². The fraction of sp³-hybridized carbons (Fsp3) is 0.526. The highest BCUT2D eigenvalue weighted by Crippen LogP contribution is 2.26. The first kappa shape index (κ1) is 19.3. The summed E-state index contributed by atoms with van der Waals surface area (Å²) in [5.41, 5.74) is 4.61. The molecule has 1 saturated heterocycles. The molecule has 1 aliphatic rings. The average Bonchev–Trinajstić information content (AvgIpc) is 3.24. The number of thiazole rings is 1. The minimum atomic E-state index is -3.53. The highest BCUT2D eigenvalue weighted by atomic mass is 32.2. The van der Waals surface area contributed by atoms with Crippen LogP contribution >= 0.6 is 11.3 Å². The van der Waals surface area contributed by atoms with Crippen molar-refractivity contribution in [2.45, 2.75) is 51.9 Å². The van der Waals surface area contributed by atoms with Crippen LogP contribution in [-0.4, -0.2) is 33.0 Å². The maximum Gasteiger partial charge on any atom is 0.241 e. The normalized spacial score (nSPS) is 15.0. The highest BCUT2D eigenvalue weighted by Gasteiger charge is 2.22. The molecule has 1 N–H and O–H groups in total. The lowest BCUT2D eigenvalue weighted by atomic mass is 10.0. The quantitative estimate of drug-likeness (QED) is 0.816. The Bertz CT molecular complexity index is 871. The van der Waals surface area contributed by atoms with E-state index in [1.165, 1.54) is 12.8 Å². The molecule has 142 valence electrons. The Balaban J connectivity index is 1.68. The molecule has 0 spiro atoms. The van der Waals surface area contributed by atoms with Crippen molar-refractivity contribution < 1.29 is 8.42 Å². The third kappa shape index (κ3) is 3.94. The topological polar surface area (TPSA) is 62.3 Å². The van der Waals surface area contributed by atoms with E-state index in [9.17, 15) is 8.42 Å². The molecule has 1 aromatic heterocycles. The van der Waals surface area contributed by atoms with E-state index in [1.807, 2.05) is 39.1 Å². The zero-order chi connectivity index (χ0) is 18.9. The molecule has 0 amide bonds. The molecule has 5 nitrogen and oxygen atoms in total. The van der Waals surface area contributed by atoms with Crippen molar-refractivity contribution >= 4 is 26.5 Å². The molecular weight excluding hydrogens is 366 g/mol. The maximum atomic E-state index is 12.8. The molecule has 2 aromatic rings. The van der Waals surface area contributed by atoms with E-state index in [4.69, 9.17) is 0 Å². The third-order valence-corrected chi connectivity index (χ3v) is 7.84. The van der Waals surface area contributed by atoms with Crippen molar-refractivity contribution in [1.82, 2.24) is 9.71 Å². The van der Waals surface area contributed by atoms with E-state index in [-0.39, 0.29) is 0 Å². The fourth-order valence-electron chi connectivity index (χ4n) is 3.43. The van der Waals surface area contributed by atoms with Crippen LogP contribution in [0.25, 0.3) is 0 Å². The lowest BCUT2D eigenvalue weighted by molar-refractivity contribution is 0.579. The second-order valence-corrected chi connectivity index (χ2v) is 9.59. The van der Waals surface area contributed by atoms with E-state index in [0.29, 0.717) is 17.9 Å². The van der Waals surface area contributed by atoms with Crippen molar-refractivity contribution in [1.29, 1.82) is 0 Å². The van der Waals surface area contributed by atoms with Gasteiger partial charge < -0.3 is 4.90 Å². The summed E-state index contributed by atoms with van der Waals surface area (Å²) in [5.74, 6) is 0. The van der Waals surface area contributed by atoms with Gasteiger partial charge in [-0.25, -0.2) is 18.1 Å². The maximum absolute atomic E-state index is 12.8. The summed E-state index contributed by atoms with van der Waals surface area (Å²) in [6, 6.07) is 2.04. The summed E-state index contributed by atoms with van der Waals surface area (Å²) >= 11 is 1.65. The molecular formula is C19H27N3O2S2. The molecule has 0 radical (unpaired) electrons. The monoisotopic (exact) mass is 393 g/mol. The SMILES string of the molecule is Cc1cc(C)c(C)c(S(=O)(=O)NCCc2csc(N3CCCC3)n2)c1C. The van der Waals surface area contributed by atoms with E-state index in [1.54, 1.807) is 11.3 Å². The summed E-state index contributed by atoms with van der Waals surface area (Å²) in [7, 11) is -3.53. The van der Waals surface area contributed by atoms with Crippen molar-refractivity contribution in [3.8, 4) is 0 Å². The van der Waals surface area contributed by atoms with Gasteiger partial charge in [-0.2, -0.15) is 0 Å². The van der Waals surface area contributed by atoms with Gasteiger partial charge in [0.2, 0.25) is 10.0 Å². The smallest absolute Gasteiger partial charge is 0.241 e. The third-order valence-electron chi connectivity index (χ3n) is 5.16. The van der Waals surface area contributed by atoms with Crippen LogP contribution in [0.5, 0.6) is 0 Å². The highest BCUT2D eigenvalue weighted by molar-refractivity contribution is 7.89. The first-order valence-corrected chi connectivity index (χ1v) is 11.4. The fourth-order valence-corrected chi connectivity index (χ4v) is 5.99. The Kier molecular flexibility index (Phi) is 5.69. The first-order valence-electron chi connectivity index (χ1n) is 9.06. The van der Waals surface area contributed by atoms with Crippen LogP contribution in [0, 0.1) is 27.7 Å². The minimum absolute atomic E-state index is 0.359. The summed E-state index contributed by atoms with van der Waals surface area (Å²) < 4.78 is 28.5. The summed E-state index contributed by atoms with van der Waals surface area (Å²) in [4.78, 5) is 7.39. The Hall–Kier alpha value is -1.44. The van der Waals surface area contributed by atoms with Gasteiger partial charge in [0.1, 0.15) is 0 Å². The molecule has 2 heterocycles. The van der Waals surface area contributed by atoms with Gasteiger partial charge in [-0.15, -0.1) is 11.3 Å². The number of aryl methyl sites for hydroxylation is 2. The molecule has 1 fully saturated rings. The zero-order valence-electron chi connectivity index (χ0n) is 15.9. The Labute approximate surface area is 160 Å². The van der Waals surface area contributed by atoms with Gasteiger partial charge in [-0.1, -0.05) is 6.07 Å². The number of aromatic nitrogens is 1. The summed E-state index contributed by atoms with van der Waals surface area (Å²) in [5, 5.41) is 3.09. The number of anilines is 1. The lowest BCUT2D eigenvalue weighted by Crippen LogP contribution is -2.28. The van der Waals surface area contributed by atoms with Crippen molar-refractivity contribution in [2.75, 3.05) is 24.5 Å². The molecule has 0 aliphatic carbocycles. The Morgan fingerprint density at radius 1 is 1.12 bits per heavy atom. The van der Waals surface area contributed by atoms with Crippen LogP contribution < -0.4 is 9.62 Å².